The fourth-order valence-corrected chi connectivity index (χ4v) is 2.15. The van der Waals surface area contributed by atoms with Crippen LogP contribution >= 0.6 is 0 Å². The van der Waals surface area contributed by atoms with Crippen LogP contribution in [0.3, 0.4) is 0 Å². The topological polar surface area (TPSA) is 35.5 Å². The van der Waals surface area contributed by atoms with E-state index in [0.717, 1.165) is 25.6 Å². The summed E-state index contributed by atoms with van der Waals surface area (Å²) in [6.45, 7) is 7.94. The fraction of sp³-hybridized carbons (Fsp3) is 1.00. The Labute approximate surface area is 100 Å². The zero-order chi connectivity index (χ0) is 11.8. The average molecular weight is 228 g/mol. The molecular weight excluding hydrogens is 200 g/mol. The molecule has 0 radical (unpaired) electrons. The number of nitrogens with one attached hydrogen (secondary N) is 1. The van der Waals surface area contributed by atoms with Crippen LogP contribution < -0.4 is 5.32 Å². The van der Waals surface area contributed by atoms with Gasteiger partial charge in [-0.25, -0.2) is 0 Å². The molecule has 1 rings (SSSR count). The van der Waals surface area contributed by atoms with Gasteiger partial charge in [0.25, 0.3) is 0 Å². The lowest BCUT2D eigenvalue weighted by Gasteiger charge is -2.24. The van der Waals surface area contributed by atoms with Gasteiger partial charge in [0.2, 0.25) is 0 Å². The quantitative estimate of drug-likeness (QED) is 0.596. The summed E-state index contributed by atoms with van der Waals surface area (Å²) in [6, 6.07) is 1.14. The predicted octanol–water partition coefficient (Wildman–Crippen LogP) is 1.61. The Morgan fingerprint density at radius 3 is 2.56 bits per heavy atom. The second-order valence-electron chi connectivity index (χ2n) is 4.85. The zero-order valence-corrected chi connectivity index (χ0v) is 10.9. The molecule has 2 N–H and O–H groups in total. The maximum atomic E-state index is 9.22. The Hall–Kier alpha value is -0.120. The summed E-state index contributed by atoms with van der Waals surface area (Å²) in [6.07, 6.45) is 6.43. The summed E-state index contributed by atoms with van der Waals surface area (Å²) in [5, 5.41) is 12.5. The molecule has 1 aliphatic rings. The van der Waals surface area contributed by atoms with Gasteiger partial charge in [-0.2, -0.15) is 0 Å². The van der Waals surface area contributed by atoms with E-state index in [1.807, 2.05) is 0 Å². The van der Waals surface area contributed by atoms with E-state index < -0.39 is 0 Å². The van der Waals surface area contributed by atoms with Crippen molar-refractivity contribution in [3.8, 4) is 0 Å². The second kappa shape index (κ2) is 8.04. The molecule has 0 heterocycles. The molecule has 0 aromatic carbocycles. The van der Waals surface area contributed by atoms with Crippen LogP contribution in [0.5, 0.6) is 0 Å². The normalized spacial score (nSPS) is 18.0. The lowest BCUT2D eigenvalue weighted by molar-refractivity contribution is 0.201. The molecule has 1 unspecified atom stereocenters. The standard InChI is InChI=1S/C13H28N2O/c1-3-5-9-15(13-6-7-13)10-8-12(11-16)14-4-2/h12-14,16H,3-11H2,1-2H3. The SMILES string of the molecule is CCCCN(CCC(CO)NCC)C1CC1. The van der Waals surface area contributed by atoms with E-state index in [0.29, 0.717) is 0 Å². The molecule has 3 nitrogen and oxygen atoms in total. The van der Waals surface area contributed by atoms with Crippen molar-refractivity contribution in [3.05, 3.63) is 0 Å². The van der Waals surface area contributed by atoms with E-state index in [1.54, 1.807) is 0 Å². The van der Waals surface area contributed by atoms with Gasteiger partial charge in [0.15, 0.2) is 0 Å². The van der Waals surface area contributed by atoms with Gasteiger partial charge in [-0.1, -0.05) is 20.3 Å². The summed E-state index contributed by atoms with van der Waals surface area (Å²) in [5.41, 5.74) is 0. The van der Waals surface area contributed by atoms with Crippen molar-refractivity contribution in [3.63, 3.8) is 0 Å². The number of likely N-dealkylation sites (N-methyl/N-ethyl adjacent to an activating group) is 1. The van der Waals surface area contributed by atoms with Crippen molar-refractivity contribution in [1.29, 1.82) is 0 Å². The lowest BCUT2D eigenvalue weighted by atomic mass is 10.2. The van der Waals surface area contributed by atoms with Gasteiger partial charge in [0.1, 0.15) is 0 Å². The molecule has 0 amide bonds. The van der Waals surface area contributed by atoms with Gasteiger partial charge < -0.3 is 15.3 Å². The minimum absolute atomic E-state index is 0.264. The third-order valence-electron chi connectivity index (χ3n) is 3.34. The highest BCUT2D eigenvalue weighted by Crippen LogP contribution is 2.27. The van der Waals surface area contributed by atoms with Gasteiger partial charge in [-0.15, -0.1) is 0 Å². The Morgan fingerprint density at radius 2 is 2.06 bits per heavy atom. The summed E-state index contributed by atoms with van der Waals surface area (Å²) in [5.74, 6) is 0. The molecular formula is C13H28N2O. The molecule has 16 heavy (non-hydrogen) atoms. The Morgan fingerprint density at radius 1 is 1.31 bits per heavy atom. The number of hydrogen-bond acceptors (Lipinski definition) is 3. The van der Waals surface area contributed by atoms with Crippen molar-refractivity contribution in [2.24, 2.45) is 0 Å². The largest absolute Gasteiger partial charge is 0.395 e. The molecule has 0 aromatic heterocycles. The van der Waals surface area contributed by atoms with Crippen molar-refractivity contribution in [2.75, 3.05) is 26.2 Å². The minimum atomic E-state index is 0.264. The zero-order valence-electron chi connectivity index (χ0n) is 10.9. The number of nitrogens with zero attached hydrogens (tertiary/aromatic N) is 1. The van der Waals surface area contributed by atoms with Gasteiger partial charge in [0, 0.05) is 12.1 Å². The first-order valence-corrected chi connectivity index (χ1v) is 6.90. The lowest BCUT2D eigenvalue weighted by Crippen LogP contribution is -2.37. The van der Waals surface area contributed by atoms with Gasteiger partial charge in [-0.05, 0) is 45.3 Å². The van der Waals surface area contributed by atoms with E-state index in [1.165, 1.54) is 32.2 Å². The van der Waals surface area contributed by atoms with E-state index in [4.69, 9.17) is 0 Å². The van der Waals surface area contributed by atoms with Gasteiger partial charge >= 0.3 is 0 Å². The highest BCUT2D eigenvalue weighted by atomic mass is 16.3. The van der Waals surface area contributed by atoms with Crippen molar-refractivity contribution in [2.45, 2.75) is 58.0 Å². The Kier molecular flexibility index (Phi) is 7.01. The molecule has 1 aliphatic carbocycles. The molecule has 0 spiro atoms. The highest BCUT2D eigenvalue weighted by molar-refractivity contribution is 4.85. The van der Waals surface area contributed by atoms with Crippen LogP contribution in [0.25, 0.3) is 0 Å². The third-order valence-corrected chi connectivity index (χ3v) is 3.34. The van der Waals surface area contributed by atoms with E-state index in [-0.39, 0.29) is 12.6 Å². The maximum Gasteiger partial charge on any atom is 0.0585 e. The summed E-state index contributed by atoms with van der Waals surface area (Å²) in [7, 11) is 0. The summed E-state index contributed by atoms with van der Waals surface area (Å²) in [4.78, 5) is 2.61. The van der Waals surface area contributed by atoms with Crippen molar-refractivity contribution >= 4 is 0 Å². The van der Waals surface area contributed by atoms with Gasteiger partial charge in [-0.3, -0.25) is 0 Å². The first-order valence-electron chi connectivity index (χ1n) is 6.90. The monoisotopic (exact) mass is 228 g/mol. The van der Waals surface area contributed by atoms with Crippen molar-refractivity contribution < 1.29 is 5.11 Å². The van der Waals surface area contributed by atoms with Crippen LogP contribution in [0.1, 0.15) is 46.0 Å². The van der Waals surface area contributed by atoms with Crippen LogP contribution in [0.2, 0.25) is 0 Å². The maximum absolute atomic E-state index is 9.22. The average Bonchev–Trinajstić information content (AvgIpc) is 3.11. The van der Waals surface area contributed by atoms with Crippen LogP contribution in [0.15, 0.2) is 0 Å². The molecule has 1 fully saturated rings. The van der Waals surface area contributed by atoms with Crippen LogP contribution in [0.4, 0.5) is 0 Å². The van der Waals surface area contributed by atoms with E-state index in [9.17, 15) is 5.11 Å². The molecule has 0 aliphatic heterocycles. The molecule has 96 valence electrons. The van der Waals surface area contributed by atoms with Crippen LogP contribution in [-0.2, 0) is 0 Å². The molecule has 3 heteroatoms. The Bertz CT molecular complexity index is 171. The smallest absolute Gasteiger partial charge is 0.0585 e. The first kappa shape index (κ1) is 13.9. The summed E-state index contributed by atoms with van der Waals surface area (Å²) < 4.78 is 0. The predicted molar refractivity (Wildman–Crippen MR) is 68.7 cm³/mol. The minimum Gasteiger partial charge on any atom is -0.395 e. The van der Waals surface area contributed by atoms with Crippen LogP contribution in [0, 0.1) is 0 Å². The molecule has 0 aromatic rings. The third kappa shape index (κ3) is 5.28. The molecule has 0 bridgehead atoms. The number of aliphatic hydroxyl groups excluding tert-OH is 1. The Balaban J connectivity index is 2.19. The molecule has 1 saturated carbocycles. The highest BCUT2D eigenvalue weighted by Gasteiger charge is 2.28. The van der Waals surface area contributed by atoms with Gasteiger partial charge in [0.05, 0.1) is 6.61 Å². The van der Waals surface area contributed by atoms with E-state index in [2.05, 4.69) is 24.1 Å². The second-order valence-corrected chi connectivity index (χ2v) is 4.85. The fourth-order valence-electron chi connectivity index (χ4n) is 2.15. The first-order chi connectivity index (χ1) is 7.81. The van der Waals surface area contributed by atoms with Crippen LogP contribution in [-0.4, -0.2) is 48.3 Å². The molecule has 1 atom stereocenters. The summed E-state index contributed by atoms with van der Waals surface area (Å²) >= 11 is 0. The van der Waals surface area contributed by atoms with E-state index >= 15 is 0 Å². The number of rotatable bonds is 10. The van der Waals surface area contributed by atoms with Crippen molar-refractivity contribution in [1.82, 2.24) is 10.2 Å². The molecule has 0 saturated heterocycles. The number of unbranched alkanes of at least 4 members (excludes halogenated alkanes) is 1. The number of aliphatic hydroxyl groups is 1. The number of hydrogen-bond donors (Lipinski definition) is 2.